The number of nitrogens with one attached hydrogen (secondary N) is 1. The molecule has 0 fully saturated rings. The molecule has 0 saturated carbocycles. The van der Waals surface area contributed by atoms with Crippen LogP contribution in [0.4, 0.5) is 10.5 Å². The van der Waals surface area contributed by atoms with Gasteiger partial charge in [0.05, 0.1) is 26.3 Å². The third kappa shape index (κ3) is 5.17. The van der Waals surface area contributed by atoms with Crippen LogP contribution in [0.1, 0.15) is 32.3 Å². The minimum Gasteiger partial charge on any atom is -0.493 e. The molecule has 3 rings (SSSR count). The minimum absolute atomic E-state index is 0. The molecule has 2 aromatic carbocycles. The fourth-order valence-electron chi connectivity index (χ4n) is 3.14. The van der Waals surface area contributed by atoms with Crippen molar-refractivity contribution in [1.82, 2.24) is 4.98 Å². The number of carbonyl (C=O) groups is 1. The Kier molecular flexibility index (Phi) is 7.18. The molecule has 0 aliphatic rings. The van der Waals surface area contributed by atoms with Crippen molar-refractivity contribution in [1.29, 1.82) is 0 Å². The summed E-state index contributed by atoms with van der Waals surface area (Å²) in [5.74, 6) is 2.53. The standard InChI is InChI=1S/C24H28N2O5.H2/c1-6-7-10-30-24(27)26-18-11-16(3)21(12-15(18)2)31-20-8-9-25-19-14-23(29-5)22(28-4)13-17(19)20;/h8-9,11-14H,6-7,10H2,1-5H3,(H,26,27);1H. The van der Waals surface area contributed by atoms with E-state index in [2.05, 4.69) is 10.3 Å². The minimum atomic E-state index is -0.453. The number of nitrogens with zero attached hydrogens (tertiary/aromatic N) is 1. The molecule has 31 heavy (non-hydrogen) atoms. The summed E-state index contributed by atoms with van der Waals surface area (Å²) in [6, 6.07) is 9.24. The number of carbonyl (C=O) groups excluding carboxylic acids is 1. The molecule has 0 saturated heterocycles. The van der Waals surface area contributed by atoms with E-state index in [9.17, 15) is 4.79 Å². The predicted octanol–water partition coefficient (Wildman–Crippen LogP) is 6.26. The largest absolute Gasteiger partial charge is 0.493 e. The first-order valence-electron chi connectivity index (χ1n) is 10.2. The summed E-state index contributed by atoms with van der Waals surface area (Å²) in [6.07, 6.45) is 3.05. The van der Waals surface area contributed by atoms with Crippen molar-refractivity contribution < 1.29 is 25.2 Å². The highest BCUT2D eigenvalue weighted by molar-refractivity contribution is 5.89. The van der Waals surface area contributed by atoms with Crippen molar-refractivity contribution in [2.24, 2.45) is 0 Å². The van der Waals surface area contributed by atoms with Crippen LogP contribution in [0.2, 0.25) is 0 Å². The van der Waals surface area contributed by atoms with E-state index in [1.54, 1.807) is 26.5 Å². The molecule has 3 aromatic rings. The molecule has 1 aromatic heterocycles. The van der Waals surface area contributed by atoms with E-state index in [1.165, 1.54) is 0 Å². The Hall–Kier alpha value is -3.48. The SMILES string of the molecule is CCCCOC(=O)Nc1cc(C)c(Oc2ccnc3cc(OC)c(OC)cc23)cc1C.[HH]. The van der Waals surface area contributed by atoms with Gasteiger partial charge in [-0.2, -0.15) is 0 Å². The number of rotatable bonds is 8. The van der Waals surface area contributed by atoms with Gasteiger partial charge in [0.25, 0.3) is 0 Å². The number of aryl methyl sites for hydroxylation is 2. The molecule has 0 bridgehead atoms. The summed E-state index contributed by atoms with van der Waals surface area (Å²) >= 11 is 0. The number of methoxy groups -OCH3 is 2. The number of benzene rings is 2. The van der Waals surface area contributed by atoms with Gasteiger partial charge in [-0.25, -0.2) is 4.79 Å². The highest BCUT2D eigenvalue weighted by Gasteiger charge is 2.14. The highest BCUT2D eigenvalue weighted by Crippen LogP contribution is 2.38. The number of fused-ring (bicyclic) bond motifs is 1. The Morgan fingerprint density at radius 1 is 1.00 bits per heavy atom. The lowest BCUT2D eigenvalue weighted by Crippen LogP contribution is -2.15. The third-order valence-corrected chi connectivity index (χ3v) is 4.92. The summed E-state index contributed by atoms with van der Waals surface area (Å²) < 4.78 is 22.2. The lowest BCUT2D eigenvalue weighted by Gasteiger charge is -2.16. The number of unbranched alkanes of at least 4 members (excludes halogenated alkanes) is 1. The fourth-order valence-corrected chi connectivity index (χ4v) is 3.14. The lowest BCUT2D eigenvalue weighted by atomic mass is 10.1. The van der Waals surface area contributed by atoms with Gasteiger partial charge < -0.3 is 18.9 Å². The van der Waals surface area contributed by atoms with Gasteiger partial charge in [-0.3, -0.25) is 10.3 Å². The smallest absolute Gasteiger partial charge is 0.411 e. The van der Waals surface area contributed by atoms with Crippen LogP contribution >= 0.6 is 0 Å². The molecule has 1 amide bonds. The van der Waals surface area contributed by atoms with Gasteiger partial charge >= 0.3 is 6.09 Å². The van der Waals surface area contributed by atoms with E-state index in [1.807, 2.05) is 45.0 Å². The van der Waals surface area contributed by atoms with Crippen LogP contribution in [0.3, 0.4) is 0 Å². The molecule has 1 heterocycles. The maximum Gasteiger partial charge on any atom is 0.411 e. The summed E-state index contributed by atoms with van der Waals surface area (Å²) in [7, 11) is 3.18. The molecular formula is C24H30N2O5. The number of hydrogen-bond acceptors (Lipinski definition) is 6. The molecule has 7 heteroatoms. The molecule has 7 nitrogen and oxygen atoms in total. The van der Waals surface area contributed by atoms with E-state index < -0.39 is 6.09 Å². The second kappa shape index (κ2) is 10.0. The van der Waals surface area contributed by atoms with Crippen LogP contribution in [0.5, 0.6) is 23.0 Å². The maximum atomic E-state index is 12.0. The molecule has 0 radical (unpaired) electrons. The van der Waals surface area contributed by atoms with Crippen LogP contribution < -0.4 is 19.5 Å². The van der Waals surface area contributed by atoms with Crippen molar-refractivity contribution >= 4 is 22.7 Å². The molecule has 166 valence electrons. The molecule has 0 aliphatic heterocycles. The molecular weight excluding hydrogens is 396 g/mol. The Morgan fingerprint density at radius 3 is 2.45 bits per heavy atom. The first-order chi connectivity index (χ1) is 15.0. The Morgan fingerprint density at radius 2 is 1.74 bits per heavy atom. The highest BCUT2D eigenvalue weighted by atomic mass is 16.5. The fraction of sp³-hybridized carbons (Fsp3) is 0.333. The van der Waals surface area contributed by atoms with Crippen LogP contribution in [0.15, 0.2) is 36.5 Å². The number of anilines is 1. The van der Waals surface area contributed by atoms with E-state index in [0.29, 0.717) is 35.3 Å². The summed E-state index contributed by atoms with van der Waals surface area (Å²) in [5.41, 5.74) is 3.17. The van der Waals surface area contributed by atoms with E-state index in [4.69, 9.17) is 18.9 Å². The zero-order valence-electron chi connectivity index (χ0n) is 18.6. The van der Waals surface area contributed by atoms with Crippen molar-refractivity contribution in [2.45, 2.75) is 33.6 Å². The second-order valence-electron chi connectivity index (χ2n) is 7.18. The number of ether oxygens (including phenoxy) is 4. The first kappa shape index (κ1) is 22.2. The summed E-state index contributed by atoms with van der Waals surface area (Å²) in [4.78, 5) is 16.4. The topological polar surface area (TPSA) is 78.9 Å². The quantitative estimate of drug-likeness (QED) is 0.429. The van der Waals surface area contributed by atoms with Gasteiger partial charge in [0, 0.05) is 24.8 Å². The van der Waals surface area contributed by atoms with Crippen LogP contribution in [0.25, 0.3) is 10.9 Å². The molecule has 0 spiro atoms. The van der Waals surface area contributed by atoms with Gasteiger partial charge in [-0.1, -0.05) is 13.3 Å². The maximum absolute atomic E-state index is 12.0. The summed E-state index contributed by atoms with van der Waals surface area (Å²) in [5, 5.41) is 3.61. The van der Waals surface area contributed by atoms with Crippen LogP contribution in [0, 0.1) is 13.8 Å². The van der Waals surface area contributed by atoms with E-state index in [-0.39, 0.29) is 1.43 Å². The Labute approximate surface area is 183 Å². The van der Waals surface area contributed by atoms with Crippen molar-refractivity contribution in [3.8, 4) is 23.0 Å². The zero-order chi connectivity index (χ0) is 22.4. The van der Waals surface area contributed by atoms with Gasteiger partial charge in [0.2, 0.25) is 0 Å². The van der Waals surface area contributed by atoms with E-state index >= 15 is 0 Å². The predicted molar refractivity (Wildman–Crippen MR) is 123 cm³/mol. The normalized spacial score (nSPS) is 10.6. The number of amides is 1. The molecule has 1 N–H and O–H groups in total. The zero-order valence-corrected chi connectivity index (χ0v) is 18.6. The number of pyridine rings is 1. The monoisotopic (exact) mass is 426 g/mol. The average molecular weight is 427 g/mol. The average Bonchev–Trinajstić information content (AvgIpc) is 2.76. The molecule has 0 aliphatic carbocycles. The number of aromatic nitrogens is 1. The number of hydrogen-bond donors (Lipinski definition) is 1. The Bertz CT molecular complexity index is 1090. The van der Waals surface area contributed by atoms with Gasteiger partial charge in [-0.15, -0.1) is 0 Å². The molecule has 0 unspecified atom stereocenters. The third-order valence-electron chi connectivity index (χ3n) is 4.92. The molecule has 0 atom stereocenters. The second-order valence-corrected chi connectivity index (χ2v) is 7.18. The first-order valence-corrected chi connectivity index (χ1v) is 10.2. The van der Waals surface area contributed by atoms with Gasteiger partial charge in [-0.05, 0) is 55.7 Å². The lowest BCUT2D eigenvalue weighted by molar-refractivity contribution is 0.160. The van der Waals surface area contributed by atoms with Gasteiger partial charge in [0.1, 0.15) is 11.5 Å². The Balaban J connectivity index is 0.00000363. The van der Waals surface area contributed by atoms with Crippen LogP contribution in [-0.2, 0) is 4.74 Å². The van der Waals surface area contributed by atoms with Crippen LogP contribution in [-0.4, -0.2) is 31.9 Å². The van der Waals surface area contributed by atoms with Crippen molar-refractivity contribution in [2.75, 3.05) is 26.1 Å². The van der Waals surface area contributed by atoms with Gasteiger partial charge in [0.15, 0.2) is 11.5 Å². The van der Waals surface area contributed by atoms with Crippen molar-refractivity contribution in [3.05, 3.63) is 47.7 Å². The van der Waals surface area contributed by atoms with Crippen molar-refractivity contribution in [3.63, 3.8) is 0 Å². The van der Waals surface area contributed by atoms with E-state index in [0.717, 1.165) is 34.9 Å². The summed E-state index contributed by atoms with van der Waals surface area (Å²) in [6.45, 7) is 6.29.